The molecule has 2 saturated carbocycles. The molecule has 0 aliphatic heterocycles. The van der Waals surface area contributed by atoms with Crippen molar-refractivity contribution in [2.45, 2.75) is 37.6 Å². The smallest absolute Gasteiger partial charge is 0.274 e. The largest absolute Gasteiger partial charge is 0.346 e. The van der Waals surface area contributed by atoms with Gasteiger partial charge in [0.1, 0.15) is 0 Å². The zero-order valence-electron chi connectivity index (χ0n) is 10.1. The summed E-state index contributed by atoms with van der Waals surface area (Å²) in [6, 6.07) is 0. The Morgan fingerprint density at radius 1 is 1.39 bits per heavy atom. The SMILES string of the molecule is O=C(CS(=O)(=O)O)NC12C=C3CC(CC(C3)C1)C2. The topological polar surface area (TPSA) is 83.5 Å². The van der Waals surface area contributed by atoms with E-state index in [1.807, 2.05) is 0 Å². The number of nitrogens with one attached hydrogen (secondary N) is 1. The van der Waals surface area contributed by atoms with E-state index in [4.69, 9.17) is 4.55 Å². The molecule has 1 amide bonds. The van der Waals surface area contributed by atoms with Gasteiger partial charge >= 0.3 is 0 Å². The summed E-state index contributed by atoms with van der Waals surface area (Å²) >= 11 is 0. The van der Waals surface area contributed by atoms with Gasteiger partial charge in [0.15, 0.2) is 5.75 Å². The summed E-state index contributed by atoms with van der Waals surface area (Å²) in [4.78, 5) is 11.7. The minimum Gasteiger partial charge on any atom is -0.346 e. The molecule has 0 aromatic heterocycles. The Labute approximate surface area is 106 Å². The lowest BCUT2D eigenvalue weighted by Crippen LogP contribution is -2.56. The summed E-state index contributed by atoms with van der Waals surface area (Å²) in [5.41, 5.74) is 1.06. The minimum atomic E-state index is -4.24. The first kappa shape index (κ1) is 12.2. The highest BCUT2D eigenvalue weighted by Crippen LogP contribution is 2.52. The molecule has 4 rings (SSSR count). The highest BCUT2D eigenvalue weighted by atomic mass is 32.2. The average molecular weight is 271 g/mol. The van der Waals surface area contributed by atoms with Gasteiger partial charge in [-0.2, -0.15) is 8.42 Å². The maximum Gasteiger partial charge on any atom is 0.274 e. The third-order valence-electron chi connectivity index (χ3n) is 4.26. The van der Waals surface area contributed by atoms with Crippen LogP contribution in [0, 0.1) is 11.8 Å². The molecular formula is C12H17NO4S. The molecule has 6 heteroatoms. The highest BCUT2D eigenvalue weighted by Gasteiger charge is 2.47. The summed E-state index contributed by atoms with van der Waals surface area (Å²) in [5.74, 6) is -0.184. The molecule has 4 aliphatic carbocycles. The summed E-state index contributed by atoms with van der Waals surface area (Å²) in [6.07, 6.45) is 7.43. The van der Waals surface area contributed by atoms with Crippen molar-refractivity contribution in [3.63, 3.8) is 0 Å². The second-order valence-corrected chi connectivity index (χ2v) is 7.47. The Bertz CT molecular complexity index is 506. The molecule has 4 bridgehead atoms. The van der Waals surface area contributed by atoms with Gasteiger partial charge in [0.05, 0.1) is 5.54 Å². The van der Waals surface area contributed by atoms with Gasteiger partial charge in [-0.15, -0.1) is 0 Å². The second-order valence-electron chi connectivity index (χ2n) is 6.02. The van der Waals surface area contributed by atoms with E-state index in [0.29, 0.717) is 11.8 Å². The first-order valence-electron chi connectivity index (χ1n) is 6.30. The highest BCUT2D eigenvalue weighted by molar-refractivity contribution is 7.86. The third kappa shape index (κ3) is 2.31. The molecule has 4 aliphatic rings. The Kier molecular flexibility index (Phi) is 2.57. The van der Waals surface area contributed by atoms with Gasteiger partial charge in [0.25, 0.3) is 10.1 Å². The molecule has 0 aromatic rings. The molecule has 2 atom stereocenters. The van der Waals surface area contributed by atoms with Crippen LogP contribution in [-0.4, -0.2) is 30.2 Å². The summed E-state index contributed by atoms with van der Waals surface area (Å²) in [6.45, 7) is 0. The van der Waals surface area contributed by atoms with Crippen molar-refractivity contribution in [1.82, 2.24) is 5.32 Å². The normalized spacial score (nSPS) is 37.5. The van der Waals surface area contributed by atoms with E-state index >= 15 is 0 Å². The first-order valence-corrected chi connectivity index (χ1v) is 7.91. The van der Waals surface area contributed by atoms with E-state index in [-0.39, 0.29) is 5.54 Å². The van der Waals surface area contributed by atoms with Crippen LogP contribution < -0.4 is 5.32 Å². The van der Waals surface area contributed by atoms with Crippen LogP contribution in [0.1, 0.15) is 32.1 Å². The first-order chi connectivity index (χ1) is 8.34. The molecule has 18 heavy (non-hydrogen) atoms. The van der Waals surface area contributed by atoms with Crippen molar-refractivity contribution in [1.29, 1.82) is 0 Å². The number of hydrogen-bond acceptors (Lipinski definition) is 3. The molecular weight excluding hydrogens is 254 g/mol. The van der Waals surface area contributed by atoms with Gasteiger partial charge in [-0.05, 0) is 43.9 Å². The van der Waals surface area contributed by atoms with E-state index < -0.39 is 21.8 Å². The Balaban J connectivity index is 1.77. The summed E-state index contributed by atoms with van der Waals surface area (Å²) in [7, 11) is -4.24. The fourth-order valence-corrected chi connectivity index (χ4v) is 4.54. The van der Waals surface area contributed by atoms with Crippen molar-refractivity contribution in [3.8, 4) is 0 Å². The zero-order chi connectivity index (χ0) is 13.0. The fourth-order valence-electron chi connectivity index (χ4n) is 4.13. The van der Waals surface area contributed by atoms with E-state index in [9.17, 15) is 13.2 Å². The molecule has 0 saturated heterocycles. The van der Waals surface area contributed by atoms with E-state index in [2.05, 4.69) is 11.4 Å². The fraction of sp³-hybridized carbons (Fsp3) is 0.750. The van der Waals surface area contributed by atoms with Crippen LogP contribution in [0.3, 0.4) is 0 Å². The van der Waals surface area contributed by atoms with Crippen molar-refractivity contribution in [2.24, 2.45) is 11.8 Å². The molecule has 0 spiro atoms. The molecule has 100 valence electrons. The van der Waals surface area contributed by atoms with Crippen LogP contribution in [0.25, 0.3) is 0 Å². The number of carbonyl (C=O) groups excluding carboxylic acids is 1. The zero-order valence-corrected chi connectivity index (χ0v) is 10.9. The Morgan fingerprint density at radius 2 is 2.00 bits per heavy atom. The predicted octanol–water partition coefficient (Wildman–Crippen LogP) is 0.879. The standard InChI is InChI=1S/C12H17NO4S/c14-11(7-18(15,16)17)13-12-4-8-1-9(5-12)3-10(2-8)6-12/h4,9-10H,1-3,5-7H2,(H,13,14)(H,15,16,17). The number of hydrogen-bond donors (Lipinski definition) is 2. The summed E-state index contributed by atoms with van der Waals surface area (Å²) < 4.78 is 30.1. The average Bonchev–Trinajstić information content (AvgIpc) is 2.09. The third-order valence-corrected chi connectivity index (χ3v) is 4.88. The Morgan fingerprint density at radius 3 is 2.50 bits per heavy atom. The van der Waals surface area contributed by atoms with Gasteiger partial charge < -0.3 is 5.32 Å². The van der Waals surface area contributed by atoms with Gasteiger partial charge in [-0.1, -0.05) is 11.6 Å². The van der Waals surface area contributed by atoms with Crippen LogP contribution in [0.15, 0.2) is 11.6 Å². The minimum absolute atomic E-state index is 0.346. The Hall–Kier alpha value is -0.880. The number of carbonyl (C=O) groups is 1. The lowest BCUT2D eigenvalue weighted by atomic mass is 9.58. The second kappa shape index (κ2) is 3.81. The molecule has 0 aromatic carbocycles. The predicted molar refractivity (Wildman–Crippen MR) is 65.4 cm³/mol. The molecule has 2 N–H and O–H groups in total. The van der Waals surface area contributed by atoms with Crippen molar-refractivity contribution < 1.29 is 17.8 Å². The van der Waals surface area contributed by atoms with E-state index in [0.717, 1.165) is 25.7 Å². The van der Waals surface area contributed by atoms with Gasteiger partial charge in [-0.25, -0.2) is 0 Å². The van der Waals surface area contributed by atoms with Crippen LogP contribution in [0.4, 0.5) is 0 Å². The summed E-state index contributed by atoms with van der Waals surface area (Å²) in [5, 5.41) is 2.83. The van der Waals surface area contributed by atoms with Crippen molar-refractivity contribution in [3.05, 3.63) is 11.6 Å². The lowest BCUT2D eigenvalue weighted by molar-refractivity contribution is -0.121. The molecule has 0 heterocycles. The van der Waals surface area contributed by atoms with Gasteiger partial charge in [-0.3, -0.25) is 9.35 Å². The quantitative estimate of drug-likeness (QED) is 0.589. The van der Waals surface area contributed by atoms with Crippen LogP contribution in [-0.2, 0) is 14.9 Å². The monoisotopic (exact) mass is 271 g/mol. The molecule has 2 unspecified atom stereocenters. The molecule has 2 fully saturated rings. The number of allylic oxidation sites excluding steroid dienone is 1. The molecule has 0 radical (unpaired) electrons. The lowest BCUT2D eigenvalue weighted by Gasteiger charge is -2.52. The van der Waals surface area contributed by atoms with Crippen LogP contribution in [0.5, 0.6) is 0 Å². The maximum atomic E-state index is 11.7. The van der Waals surface area contributed by atoms with E-state index in [1.165, 1.54) is 12.0 Å². The van der Waals surface area contributed by atoms with Crippen molar-refractivity contribution >= 4 is 16.0 Å². The van der Waals surface area contributed by atoms with Crippen LogP contribution in [0.2, 0.25) is 0 Å². The van der Waals surface area contributed by atoms with Crippen molar-refractivity contribution in [2.75, 3.05) is 5.75 Å². The van der Waals surface area contributed by atoms with E-state index in [1.54, 1.807) is 0 Å². The maximum absolute atomic E-state index is 11.7. The van der Waals surface area contributed by atoms with Crippen LogP contribution >= 0.6 is 0 Å². The number of amides is 1. The number of rotatable bonds is 3. The van der Waals surface area contributed by atoms with Gasteiger partial charge in [0.2, 0.25) is 5.91 Å². The molecule has 5 nitrogen and oxygen atoms in total. The van der Waals surface area contributed by atoms with Gasteiger partial charge in [0, 0.05) is 0 Å².